The maximum atomic E-state index is 9.35. The van der Waals surface area contributed by atoms with Gasteiger partial charge in [0, 0.05) is 22.6 Å². The van der Waals surface area contributed by atoms with E-state index in [0.29, 0.717) is 6.54 Å². The molecule has 2 aromatic rings. The van der Waals surface area contributed by atoms with E-state index in [1.54, 1.807) is 17.5 Å². The van der Waals surface area contributed by atoms with Gasteiger partial charge in [0.2, 0.25) is 0 Å². The number of benzene rings is 1. The Hall–Kier alpha value is -1.91. The number of allylic oxidation sites excluding steroid dienone is 2. The van der Waals surface area contributed by atoms with Gasteiger partial charge in [0.1, 0.15) is 5.01 Å². The summed E-state index contributed by atoms with van der Waals surface area (Å²) in [5.41, 5.74) is 3.63. The molecule has 1 aliphatic heterocycles. The van der Waals surface area contributed by atoms with E-state index < -0.39 is 0 Å². The summed E-state index contributed by atoms with van der Waals surface area (Å²) in [6.07, 6.45) is 7.95. The quantitative estimate of drug-likeness (QED) is 0.935. The average Bonchev–Trinajstić information content (AvgIpc) is 3.20. The highest BCUT2D eigenvalue weighted by Gasteiger charge is 2.48. The van der Waals surface area contributed by atoms with Gasteiger partial charge in [0.25, 0.3) is 0 Å². The van der Waals surface area contributed by atoms with Crippen molar-refractivity contribution in [1.82, 2.24) is 10.0 Å². The van der Waals surface area contributed by atoms with Crippen molar-refractivity contribution >= 4 is 16.9 Å². The minimum atomic E-state index is 0.145. The summed E-state index contributed by atoms with van der Waals surface area (Å²) in [6, 6.07) is 10.7. The normalized spacial score (nSPS) is 19.5. The smallest absolute Gasteiger partial charge is 0.104 e. The van der Waals surface area contributed by atoms with Crippen LogP contribution < -0.4 is 0 Å². The number of thiazole rings is 1. The van der Waals surface area contributed by atoms with Crippen LogP contribution in [0.25, 0.3) is 5.57 Å². The number of hydroxylamine groups is 2. The van der Waals surface area contributed by atoms with Gasteiger partial charge in [0.05, 0.1) is 12.2 Å². The molecule has 1 fully saturated rings. The lowest BCUT2D eigenvalue weighted by Gasteiger charge is -2.14. The van der Waals surface area contributed by atoms with Crippen LogP contribution in [0, 0.1) is 0 Å². The monoisotopic (exact) mass is 296 g/mol. The molecule has 0 saturated heterocycles. The average molecular weight is 296 g/mol. The molecule has 4 rings (SSSR count). The molecule has 1 saturated carbocycles. The molecule has 1 N–H and O–H groups in total. The summed E-state index contributed by atoms with van der Waals surface area (Å²) in [7, 11) is 0. The molecule has 0 unspecified atom stereocenters. The molecule has 21 heavy (non-hydrogen) atoms. The van der Waals surface area contributed by atoms with E-state index >= 15 is 0 Å². The van der Waals surface area contributed by atoms with E-state index in [0.717, 1.165) is 11.3 Å². The van der Waals surface area contributed by atoms with Crippen LogP contribution >= 0.6 is 11.3 Å². The van der Waals surface area contributed by atoms with Gasteiger partial charge >= 0.3 is 0 Å². The molecule has 106 valence electrons. The highest BCUT2D eigenvalue weighted by molar-refractivity contribution is 7.10. The molecule has 1 aromatic heterocycles. The molecule has 1 aromatic carbocycles. The zero-order chi connectivity index (χ0) is 14.3. The van der Waals surface area contributed by atoms with Gasteiger partial charge in [-0.3, -0.25) is 10.3 Å². The molecule has 1 aliphatic carbocycles. The Balaban J connectivity index is 1.65. The van der Waals surface area contributed by atoms with Crippen LogP contribution in [0.1, 0.15) is 29.1 Å². The van der Waals surface area contributed by atoms with Gasteiger partial charge in [-0.2, -0.15) is 0 Å². The summed E-state index contributed by atoms with van der Waals surface area (Å²) in [5, 5.41) is 13.9. The zero-order valence-corrected chi connectivity index (χ0v) is 12.4. The summed E-state index contributed by atoms with van der Waals surface area (Å²) in [5.74, 6) is 0. The Morgan fingerprint density at radius 1 is 1.19 bits per heavy atom. The highest BCUT2D eigenvalue weighted by Crippen LogP contribution is 2.54. The second kappa shape index (κ2) is 4.83. The predicted octanol–water partition coefficient (Wildman–Crippen LogP) is 3.82. The second-order valence-corrected chi connectivity index (χ2v) is 6.44. The van der Waals surface area contributed by atoms with Crippen molar-refractivity contribution in [2.45, 2.75) is 18.3 Å². The third-order valence-corrected chi connectivity index (χ3v) is 5.26. The Kier molecular flexibility index (Phi) is 2.94. The lowest BCUT2D eigenvalue weighted by atomic mass is 9.97. The molecule has 0 bridgehead atoms. The molecule has 0 atom stereocenters. The van der Waals surface area contributed by atoms with Crippen LogP contribution in [0.5, 0.6) is 0 Å². The maximum Gasteiger partial charge on any atom is 0.104 e. The van der Waals surface area contributed by atoms with E-state index in [1.165, 1.54) is 28.5 Å². The number of rotatable bonds is 3. The zero-order valence-electron chi connectivity index (χ0n) is 11.6. The summed E-state index contributed by atoms with van der Waals surface area (Å²) >= 11 is 1.75. The first-order valence-electron chi connectivity index (χ1n) is 7.14. The summed E-state index contributed by atoms with van der Waals surface area (Å²) in [6.45, 7) is 0.516. The Labute approximate surface area is 127 Å². The van der Waals surface area contributed by atoms with Crippen molar-refractivity contribution in [3.8, 4) is 0 Å². The molecule has 4 heteroatoms. The van der Waals surface area contributed by atoms with Gasteiger partial charge in [-0.15, -0.1) is 11.3 Å². The van der Waals surface area contributed by atoms with Crippen LogP contribution in [-0.2, 0) is 5.41 Å². The Morgan fingerprint density at radius 3 is 2.67 bits per heavy atom. The number of nitrogens with zero attached hydrogens (tertiary/aromatic N) is 2. The van der Waals surface area contributed by atoms with Crippen molar-refractivity contribution in [2.75, 3.05) is 6.54 Å². The lowest BCUT2D eigenvalue weighted by Crippen LogP contribution is -2.14. The number of aromatic nitrogens is 1. The molecule has 2 heterocycles. The minimum Gasteiger partial charge on any atom is -0.289 e. The van der Waals surface area contributed by atoms with E-state index in [1.807, 2.05) is 12.2 Å². The first-order chi connectivity index (χ1) is 10.3. The molecular formula is C17H16N2OS. The first-order valence-corrected chi connectivity index (χ1v) is 8.02. The van der Waals surface area contributed by atoms with Crippen LogP contribution in [-0.4, -0.2) is 21.8 Å². The van der Waals surface area contributed by atoms with Gasteiger partial charge in [-0.1, -0.05) is 36.4 Å². The summed E-state index contributed by atoms with van der Waals surface area (Å²) < 4.78 is 0. The van der Waals surface area contributed by atoms with E-state index in [2.05, 4.69) is 35.7 Å². The van der Waals surface area contributed by atoms with Gasteiger partial charge in [-0.05, 0) is 24.5 Å². The SMILES string of the molecule is ON1C=CC(c2csc(C3(c4ccccc4)CC3)n2)=CC1. The lowest BCUT2D eigenvalue weighted by molar-refractivity contribution is -0.0299. The Bertz CT molecular complexity index is 713. The Morgan fingerprint density at radius 2 is 2.00 bits per heavy atom. The van der Waals surface area contributed by atoms with Gasteiger partial charge in [-0.25, -0.2) is 4.98 Å². The van der Waals surface area contributed by atoms with Crippen LogP contribution in [0.15, 0.2) is 54.1 Å². The molecule has 0 radical (unpaired) electrons. The molecular weight excluding hydrogens is 280 g/mol. The third-order valence-electron chi connectivity index (χ3n) is 4.21. The molecule has 0 spiro atoms. The van der Waals surface area contributed by atoms with Crippen LogP contribution in [0.2, 0.25) is 0 Å². The summed E-state index contributed by atoms with van der Waals surface area (Å²) in [4.78, 5) is 4.87. The van der Waals surface area contributed by atoms with Crippen molar-refractivity contribution in [3.63, 3.8) is 0 Å². The fraction of sp³-hybridized carbons (Fsp3) is 0.235. The van der Waals surface area contributed by atoms with Gasteiger partial charge < -0.3 is 0 Å². The van der Waals surface area contributed by atoms with Gasteiger partial charge in [0.15, 0.2) is 0 Å². The van der Waals surface area contributed by atoms with E-state index in [-0.39, 0.29) is 5.41 Å². The standard InChI is InChI=1S/C17H16N2OS/c20-19-10-6-13(7-11-19)15-12-21-16(18-15)17(8-9-17)14-4-2-1-3-5-14/h1-7,10,12,20H,8-9,11H2. The fourth-order valence-corrected chi connectivity index (χ4v) is 3.92. The van der Waals surface area contributed by atoms with Crippen LogP contribution in [0.4, 0.5) is 0 Å². The molecule has 0 amide bonds. The fourth-order valence-electron chi connectivity index (χ4n) is 2.81. The number of hydrogen-bond acceptors (Lipinski definition) is 4. The number of hydrogen-bond donors (Lipinski definition) is 1. The van der Waals surface area contributed by atoms with E-state index in [4.69, 9.17) is 4.98 Å². The van der Waals surface area contributed by atoms with Crippen molar-refractivity contribution < 1.29 is 5.21 Å². The topological polar surface area (TPSA) is 36.4 Å². The second-order valence-electron chi connectivity index (χ2n) is 5.58. The van der Waals surface area contributed by atoms with Crippen LogP contribution in [0.3, 0.4) is 0 Å². The van der Waals surface area contributed by atoms with Crippen molar-refractivity contribution in [1.29, 1.82) is 0 Å². The highest BCUT2D eigenvalue weighted by atomic mass is 32.1. The third kappa shape index (κ3) is 2.20. The van der Waals surface area contributed by atoms with Crippen molar-refractivity contribution in [2.24, 2.45) is 0 Å². The minimum absolute atomic E-state index is 0.145. The molecule has 2 aliphatic rings. The first kappa shape index (κ1) is 12.8. The van der Waals surface area contributed by atoms with E-state index in [9.17, 15) is 5.21 Å². The van der Waals surface area contributed by atoms with Crippen molar-refractivity contribution in [3.05, 3.63) is 70.3 Å². The predicted molar refractivity (Wildman–Crippen MR) is 84.2 cm³/mol. The molecule has 3 nitrogen and oxygen atoms in total. The maximum absolute atomic E-state index is 9.35. The largest absolute Gasteiger partial charge is 0.289 e.